The zero-order valence-corrected chi connectivity index (χ0v) is 18.3. The van der Waals surface area contributed by atoms with E-state index in [2.05, 4.69) is 0 Å². The highest BCUT2D eigenvalue weighted by Crippen LogP contribution is 2.37. The third kappa shape index (κ3) is 3.88. The number of nitrogens with zero attached hydrogens (tertiary/aromatic N) is 2. The SMILES string of the molecule is CCOC(=O)C1=c2s/c(=C\c3ccc(O)cc3)c(=O)n2C(N)=C(C#N)[C@@H]1c1ccc(O)cc1. The molecule has 0 aliphatic carbocycles. The molecule has 0 bridgehead atoms. The van der Waals surface area contributed by atoms with E-state index in [0.29, 0.717) is 15.7 Å². The van der Waals surface area contributed by atoms with Crippen LogP contribution in [0.4, 0.5) is 0 Å². The normalized spacial score (nSPS) is 15.8. The quantitative estimate of drug-likeness (QED) is 0.498. The van der Waals surface area contributed by atoms with Crippen LogP contribution in [0.1, 0.15) is 24.0 Å². The molecular weight excluding hydrogens is 442 g/mol. The molecule has 4 rings (SSSR count). The zero-order chi connectivity index (χ0) is 23.7. The molecule has 0 spiro atoms. The van der Waals surface area contributed by atoms with Crippen LogP contribution in [0.15, 0.2) is 58.9 Å². The Kier molecular flexibility index (Phi) is 5.77. The van der Waals surface area contributed by atoms with Gasteiger partial charge in [-0.25, -0.2) is 4.79 Å². The number of phenols is 2. The largest absolute Gasteiger partial charge is 0.508 e. The Morgan fingerprint density at radius 2 is 1.79 bits per heavy atom. The van der Waals surface area contributed by atoms with Crippen LogP contribution in [-0.4, -0.2) is 27.4 Å². The van der Waals surface area contributed by atoms with Gasteiger partial charge in [-0.1, -0.05) is 24.3 Å². The number of benzene rings is 2. The summed E-state index contributed by atoms with van der Waals surface area (Å²) in [7, 11) is 0. The molecular formula is C24H19N3O5S. The molecule has 0 unspecified atom stereocenters. The molecule has 9 heteroatoms. The summed E-state index contributed by atoms with van der Waals surface area (Å²) in [6.45, 7) is 1.77. The van der Waals surface area contributed by atoms with Gasteiger partial charge in [0.15, 0.2) is 0 Å². The van der Waals surface area contributed by atoms with Crippen LogP contribution in [-0.2, 0) is 9.53 Å². The van der Waals surface area contributed by atoms with Crippen molar-refractivity contribution in [2.75, 3.05) is 6.61 Å². The van der Waals surface area contributed by atoms with Gasteiger partial charge in [0.2, 0.25) is 0 Å². The first kappa shape index (κ1) is 21.9. The summed E-state index contributed by atoms with van der Waals surface area (Å²) in [6.07, 6.45) is 1.62. The summed E-state index contributed by atoms with van der Waals surface area (Å²) in [5.74, 6) is -1.47. The van der Waals surface area contributed by atoms with E-state index in [-0.39, 0.29) is 39.7 Å². The van der Waals surface area contributed by atoms with Gasteiger partial charge in [0.05, 0.1) is 34.3 Å². The number of hydrogen-bond acceptors (Lipinski definition) is 8. The third-order valence-electron chi connectivity index (χ3n) is 5.18. The molecule has 33 heavy (non-hydrogen) atoms. The van der Waals surface area contributed by atoms with Crippen LogP contribution in [0.2, 0.25) is 0 Å². The molecule has 3 aromatic rings. The molecule has 0 saturated carbocycles. The van der Waals surface area contributed by atoms with Crippen molar-refractivity contribution < 1.29 is 19.7 Å². The van der Waals surface area contributed by atoms with Gasteiger partial charge in [-0.3, -0.25) is 9.36 Å². The first-order chi connectivity index (χ1) is 15.8. The minimum Gasteiger partial charge on any atom is -0.508 e. The molecule has 2 heterocycles. The Bertz CT molecular complexity index is 1490. The fourth-order valence-electron chi connectivity index (χ4n) is 3.68. The Hall–Kier alpha value is -4.29. The fraction of sp³-hybridized carbons (Fsp3) is 0.125. The van der Waals surface area contributed by atoms with E-state index < -0.39 is 17.4 Å². The number of carbonyl (C=O) groups is 1. The summed E-state index contributed by atoms with van der Waals surface area (Å²) in [5.41, 5.74) is 7.19. The molecule has 1 aliphatic heterocycles. The first-order valence-corrected chi connectivity index (χ1v) is 10.8. The van der Waals surface area contributed by atoms with Gasteiger partial charge in [0.1, 0.15) is 22.0 Å². The van der Waals surface area contributed by atoms with Crippen LogP contribution in [0.3, 0.4) is 0 Å². The zero-order valence-electron chi connectivity index (χ0n) is 17.5. The molecule has 1 aliphatic rings. The first-order valence-electron chi connectivity index (χ1n) is 9.98. The summed E-state index contributed by atoms with van der Waals surface area (Å²) >= 11 is 1.06. The minimum atomic E-state index is -0.866. The molecule has 0 radical (unpaired) electrons. The number of aromatic nitrogens is 1. The van der Waals surface area contributed by atoms with Gasteiger partial charge < -0.3 is 20.7 Å². The smallest absolute Gasteiger partial charge is 0.338 e. The summed E-state index contributed by atoms with van der Waals surface area (Å²) in [4.78, 5) is 26.3. The van der Waals surface area contributed by atoms with E-state index in [1.165, 1.54) is 28.8 Å². The molecule has 8 nitrogen and oxygen atoms in total. The predicted octanol–water partition coefficient (Wildman–Crippen LogP) is 1.31. The molecule has 1 atom stereocenters. The number of nitrogens with two attached hydrogens (primary N) is 1. The minimum absolute atomic E-state index is 0.0292. The van der Waals surface area contributed by atoms with Gasteiger partial charge in [-0.2, -0.15) is 5.26 Å². The lowest BCUT2D eigenvalue weighted by molar-refractivity contribution is -0.136. The Labute approximate surface area is 192 Å². The van der Waals surface area contributed by atoms with Crippen LogP contribution in [0, 0.1) is 11.3 Å². The molecule has 0 amide bonds. The average Bonchev–Trinajstić information content (AvgIpc) is 3.11. The standard InChI is InChI=1S/C24H19N3O5S/c1-2-32-24(31)20-19(14-5-9-16(29)10-6-14)17(12-25)21(26)27-22(30)18(33-23(20)27)11-13-3-7-15(28)8-4-13/h3-11,19,28-29H,2,26H2,1H3/b18-11-/t19-/m0/s1. The number of carbonyl (C=O) groups excluding carboxylic acids is 1. The van der Waals surface area contributed by atoms with Crippen LogP contribution in [0.5, 0.6) is 11.5 Å². The average molecular weight is 461 g/mol. The van der Waals surface area contributed by atoms with Gasteiger partial charge in [-0.15, -0.1) is 11.3 Å². The van der Waals surface area contributed by atoms with E-state index in [4.69, 9.17) is 10.5 Å². The van der Waals surface area contributed by atoms with Crippen LogP contribution >= 0.6 is 11.3 Å². The van der Waals surface area contributed by atoms with E-state index in [1.807, 2.05) is 6.07 Å². The van der Waals surface area contributed by atoms with Crippen molar-refractivity contribution >= 4 is 34.8 Å². The van der Waals surface area contributed by atoms with Crippen LogP contribution < -0.4 is 20.5 Å². The maximum absolute atomic E-state index is 13.2. The highest BCUT2D eigenvalue weighted by molar-refractivity contribution is 7.07. The topological polar surface area (TPSA) is 139 Å². The second-order valence-corrected chi connectivity index (χ2v) is 8.25. The number of allylic oxidation sites excluding steroid dienone is 1. The molecule has 4 N–H and O–H groups in total. The Morgan fingerprint density at radius 3 is 2.36 bits per heavy atom. The number of rotatable bonds is 4. The predicted molar refractivity (Wildman–Crippen MR) is 123 cm³/mol. The number of thiazole rings is 1. The maximum Gasteiger partial charge on any atom is 0.338 e. The lowest BCUT2D eigenvalue weighted by atomic mass is 9.84. The van der Waals surface area contributed by atoms with Crippen molar-refractivity contribution in [2.24, 2.45) is 5.73 Å². The van der Waals surface area contributed by atoms with Gasteiger partial charge >= 0.3 is 5.97 Å². The van der Waals surface area contributed by atoms with Crippen molar-refractivity contribution in [1.82, 2.24) is 4.57 Å². The Balaban J connectivity index is 2.08. The number of ether oxygens (including phenoxy) is 1. The summed E-state index contributed by atoms with van der Waals surface area (Å²) in [5, 5.41) is 29.1. The Morgan fingerprint density at radius 1 is 1.18 bits per heavy atom. The second-order valence-electron chi connectivity index (χ2n) is 7.22. The number of esters is 1. The highest BCUT2D eigenvalue weighted by atomic mass is 32.1. The number of hydrogen-bond donors (Lipinski definition) is 3. The molecule has 0 saturated heterocycles. The molecule has 1 aromatic heterocycles. The van der Waals surface area contributed by atoms with Crippen molar-refractivity contribution in [2.45, 2.75) is 12.8 Å². The highest BCUT2D eigenvalue weighted by Gasteiger charge is 2.36. The number of phenolic OH excluding ortho intramolecular Hbond substituents is 2. The number of fused-ring (bicyclic) bond motifs is 1. The fourth-order valence-corrected chi connectivity index (χ4v) is 4.84. The molecule has 0 fully saturated rings. The second kappa shape index (κ2) is 8.68. The summed E-state index contributed by atoms with van der Waals surface area (Å²) in [6, 6.07) is 14.4. The van der Waals surface area contributed by atoms with Crippen molar-refractivity contribution in [3.63, 3.8) is 0 Å². The van der Waals surface area contributed by atoms with E-state index in [1.54, 1.807) is 37.3 Å². The third-order valence-corrected chi connectivity index (χ3v) is 6.29. The van der Waals surface area contributed by atoms with E-state index in [9.17, 15) is 25.1 Å². The van der Waals surface area contributed by atoms with Gasteiger partial charge in [0, 0.05) is 0 Å². The van der Waals surface area contributed by atoms with Crippen molar-refractivity contribution in [3.05, 3.63) is 84.8 Å². The van der Waals surface area contributed by atoms with Gasteiger partial charge in [-0.05, 0) is 48.4 Å². The number of nitriles is 1. The van der Waals surface area contributed by atoms with Crippen molar-refractivity contribution in [1.29, 1.82) is 5.26 Å². The van der Waals surface area contributed by atoms with E-state index >= 15 is 0 Å². The van der Waals surface area contributed by atoms with Crippen molar-refractivity contribution in [3.8, 4) is 17.6 Å². The lowest BCUT2D eigenvalue weighted by Crippen LogP contribution is -2.40. The monoisotopic (exact) mass is 461 g/mol. The van der Waals surface area contributed by atoms with Gasteiger partial charge in [0.25, 0.3) is 5.56 Å². The molecule has 2 aromatic carbocycles. The number of aromatic hydroxyl groups is 2. The van der Waals surface area contributed by atoms with Crippen LogP contribution in [0.25, 0.3) is 17.5 Å². The lowest BCUT2D eigenvalue weighted by Gasteiger charge is -2.24. The molecule has 166 valence electrons. The maximum atomic E-state index is 13.2. The summed E-state index contributed by atoms with van der Waals surface area (Å²) < 4.78 is 7.01. The van der Waals surface area contributed by atoms with E-state index in [0.717, 1.165) is 11.3 Å².